The highest BCUT2D eigenvalue weighted by Gasteiger charge is 2.31. The molecule has 0 aromatic rings. The zero-order chi connectivity index (χ0) is 13.7. The summed E-state index contributed by atoms with van der Waals surface area (Å²) in [5, 5.41) is 5.05. The molecular weight excluding hydrogens is 236 g/mol. The average Bonchev–Trinajstić information content (AvgIpc) is 2.35. The molecule has 0 aromatic heterocycles. The highest BCUT2D eigenvalue weighted by molar-refractivity contribution is 5.86. The summed E-state index contributed by atoms with van der Waals surface area (Å²) in [4.78, 5) is 37.8. The second-order valence-corrected chi connectivity index (χ2v) is 4.36. The quantitative estimate of drug-likeness (QED) is 0.612. The van der Waals surface area contributed by atoms with E-state index >= 15 is 0 Å². The smallest absolute Gasteiger partial charge is 0.242 e. The predicted octanol–water partition coefficient (Wildman–Crippen LogP) is -1.99. The summed E-state index contributed by atoms with van der Waals surface area (Å²) in [5.74, 6) is -0.498. The van der Waals surface area contributed by atoms with Gasteiger partial charge in [-0.3, -0.25) is 19.3 Å². The van der Waals surface area contributed by atoms with Gasteiger partial charge in [0.15, 0.2) is 0 Å². The van der Waals surface area contributed by atoms with Crippen LogP contribution in [0.5, 0.6) is 0 Å². The van der Waals surface area contributed by atoms with Gasteiger partial charge in [0.2, 0.25) is 17.7 Å². The molecule has 0 aliphatic carbocycles. The minimum Gasteiger partial charge on any atom is -0.358 e. The Bertz CT molecular complexity index is 345. The molecule has 1 heterocycles. The Hall–Kier alpha value is -1.63. The zero-order valence-electron chi connectivity index (χ0n) is 11.0. The van der Waals surface area contributed by atoms with Crippen LogP contribution in [0.3, 0.4) is 0 Å². The van der Waals surface area contributed by atoms with Gasteiger partial charge >= 0.3 is 0 Å². The number of nitrogens with one attached hydrogen (secondary N) is 2. The Labute approximate surface area is 106 Å². The molecule has 1 aliphatic heterocycles. The molecule has 18 heavy (non-hydrogen) atoms. The number of carbonyl (C=O) groups excluding carboxylic acids is 3. The molecule has 1 saturated heterocycles. The highest BCUT2D eigenvalue weighted by Crippen LogP contribution is 2.07. The van der Waals surface area contributed by atoms with Crippen LogP contribution in [0.1, 0.15) is 6.92 Å². The van der Waals surface area contributed by atoms with Gasteiger partial charge in [0.05, 0.1) is 6.54 Å². The SMILES string of the molecule is CNC(=O)[C@@H]1CN(C(=O)CNC(C)=O)CCN1C. The van der Waals surface area contributed by atoms with Gasteiger partial charge in [-0.05, 0) is 7.05 Å². The Balaban J connectivity index is 2.55. The maximum absolute atomic E-state index is 11.8. The van der Waals surface area contributed by atoms with Crippen LogP contribution in [0.4, 0.5) is 0 Å². The number of likely N-dealkylation sites (N-methyl/N-ethyl adjacent to an activating group) is 2. The number of nitrogens with zero attached hydrogens (tertiary/aromatic N) is 2. The third-order valence-electron chi connectivity index (χ3n) is 3.04. The molecule has 0 aromatic carbocycles. The lowest BCUT2D eigenvalue weighted by Crippen LogP contribution is -2.59. The number of rotatable bonds is 3. The van der Waals surface area contributed by atoms with Crippen molar-refractivity contribution in [3.8, 4) is 0 Å². The molecule has 1 atom stereocenters. The van der Waals surface area contributed by atoms with E-state index in [4.69, 9.17) is 0 Å². The lowest BCUT2D eigenvalue weighted by atomic mass is 10.1. The van der Waals surface area contributed by atoms with Crippen molar-refractivity contribution < 1.29 is 14.4 Å². The van der Waals surface area contributed by atoms with Gasteiger partial charge in [-0.15, -0.1) is 0 Å². The Morgan fingerprint density at radius 2 is 1.94 bits per heavy atom. The van der Waals surface area contributed by atoms with E-state index in [2.05, 4.69) is 10.6 Å². The molecule has 102 valence electrons. The molecule has 0 spiro atoms. The lowest BCUT2D eigenvalue weighted by molar-refractivity contribution is -0.138. The number of carbonyl (C=O) groups is 3. The van der Waals surface area contributed by atoms with Crippen LogP contribution in [0.15, 0.2) is 0 Å². The van der Waals surface area contributed by atoms with Crippen LogP contribution in [-0.4, -0.2) is 73.8 Å². The molecule has 0 bridgehead atoms. The molecule has 0 saturated carbocycles. The molecule has 0 radical (unpaired) electrons. The van der Waals surface area contributed by atoms with Gasteiger partial charge < -0.3 is 15.5 Å². The Morgan fingerprint density at radius 1 is 1.28 bits per heavy atom. The van der Waals surface area contributed by atoms with Crippen LogP contribution >= 0.6 is 0 Å². The molecule has 2 N–H and O–H groups in total. The average molecular weight is 256 g/mol. The molecule has 1 rings (SSSR count). The van der Waals surface area contributed by atoms with E-state index in [1.807, 2.05) is 11.9 Å². The van der Waals surface area contributed by atoms with Crippen LogP contribution < -0.4 is 10.6 Å². The van der Waals surface area contributed by atoms with E-state index in [1.54, 1.807) is 11.9 Å². The second-order valence-electron chi connectivity index (χ2n) is 4.36. The number of hydrogen-bond donors (Lipinski definition) is 2. The molecule has 7 heteroatoms. The fourth-order valence-electron chi connectivity index (χ4n) is 1.86. The predicted molar refractivity (Wildman–Crippen MR) is 65.7 cm³/mol. The maximum atomic E-state index is 11.8. The minimum atomic E-state index is -0.329. The van der Waals surface area contributed by atoms with E-state index in [-0.39, 0.29) is 30.3 Å². The Kier molecular flexibility index (Phi) is 5.08. The fraction of sp³-hybridized carbons (Fsp3) is 0.727. The van der Waals surface area contributed by atoms with Crippen LogP contribution in [-0.2, 0) is 14.4 Å². The molecule has 0 unspecified atom stereocenters. The second kappa shape index (κ2) is 6.34. The summed E-state index contributed by atoms with van der Waals surface area (Å²) >= 11 is 0. The van der Waals surface area contributed by atoms with Crippen molar-refractivity contribution in [2.45, 2.75) is 13.0 Å². The summed E-state index contributed by atoms with van der Waals surface area (Å²) in [6.07, 6.45) is 0. The van der Waals surface area contributed by atoms with Crippen molar-refractivity contribution in [1.29, 1.82) is 0 Å². The first-order valence-corrected chi connectivity index (χ1v) is 5.89. The number of amides is 3. The normalized spacial score (nSPS) is 20.4. The lowest BCUT2D eigenvalue weighted by Gasteiger charge is -2.38. The van der Waals surface area contributed by atoms with Gasteiger partial charge in [-0.25, -0.2) is 0 Å². The number of hydrogen-bond acceptors (Lipinski definition) is 4. The minimum absolute atomic E-state index is 0.0144. The van der Waals surface area contributed by atoms with E-state index in [9.17, 15) is 14.4 Å². The van der Waals surface area contributed by atoms with Crippen LogP contribution in [0, 0.1) is 0 Å². The van der Waals surface area contributed by atoms with E-state index in [0.29, 0.717) is 19.6 Å². The summed E-state index contributed by atoms with van der Waals surface area (Å²) < 4.78 is 0. The first-order valence-electron chi connectivity index (χ1n) is 5.89. The third kappa shape index (κ3) is 3.69. The van der Waals surface area contributed by atoms with Crippen molar-refractivity contribution in [2.75, 3.05) is 40.3 Å². The molecule has 1 fully saturated rings. The molecule has 1 aliphatic rings. The third-order valence-corrected chi connectivity index (χ3v) is 3.04. The summed E-state index contributed by atoms with van der Waals surface area (Å²) in [7, 11) is 3.43. The largest absolute Gasteiger partial charge is 0.358 e. The van der Waals surface area contributed by atoms with Crippen LogP contribution in [0.2, 0.25) is 0 Å². The van der Waals surface area contributed by atoms with Crippen molar-refractivity contribution in [1.82, 2.24) is 20.4 Å². The topological polar surface area (TPSA) is 81.8 Å². The van der Waals surface area contributed by atoms with Gasteiger partial charge in [0.1, 0.15) is 6.04 Å². The maximum Gasteiger partial charge on any atom is 0.242 e. The Morgan fingerprint density at radius 3 is 2.50 bits per heavy atom. The molecule has 7 nitrogen and oxygen atoms in total. The standard InChI is InChI=1S/C11H20N4O3/c1-8(16)13-6-10(17)15-5-4-14(3)9(7-15)11(18)12-2/h9H,4-7H2,1-3H3,(H,12,18)(H,13,16)/t9-/m0/s1. The van der Waals surface area contributed by atoms with Crippen molar-refractivity contribution in [3.63, 3.8) is 0 Å². The molecular formula is C11H20N4O3. The van der Waals surface area contributed by atoms with E-state index in [0.717, 1.165) is 0 Å². The van der Waals surface area contributed by atoms with Crippen molar-refractivity contribution >= 4 is 17.7 Å². The number of piperazine rings is 1. The van der Waals surface area contributed by atoms with Gasteiger partial charge in [-0.1, -0.05) is 0 Å². The zero-order valence-corrected chi connectivity index (χ0v) is 11.0. The first kappa shape index (κ1) is 14.4. The summed E-state index contributed by atoms with van der Waals surface area (Å²) in [6, 6.07) is -0.329. The van der Waals surface area contributed by atoms with Gasteiger partial charge in [0, 0.05) is 33.6 Å². The van der Waals surface area contributed by atoms with Crippen molar-refractivity contribution in [3.05, 3.63) is 0 Å². The van der Waals surface area contributed by atoms with Gasteiger partial charge in [0.25, 0.3) is 0 Å². The van der Waals surface area contributed by atoms with E-state index < -0.39 is 0 Å². The fourth-order valence-corrected chi connectivity index (χ4v) is 1.86. The van der Waals surface area contributed by atoms with E-state index in [1.165, 1.54) is 6.92 Å². The van der Waals surface area contributed by atoms with Crippen LogP contribution in [0.25, 0.3) is 0 Å². The van der Waals surface area contributed by atoms with Gasteiger partial charge in [-0.2, -0.15) is 0 Å². The summed E-state index contributed by atoms with van der Waals surface area (Å²) in [6.45, 7) is 2.92. The van der Waals surface area contributed by atoms with Crippen molar-refractivity contribution in [2.24, 2.45) is 0 Å². The molecule has 3 amide bonds. The first-order chi connectivity index (χ1) is 8.45. The highest BCUT2D eigenvalue weighted by atomic mass is 16.2. The monoisotopic (exact) mass is 256 g/mol. The summed E-state index contributed by atoms with van der Waals surface area (Å²) in [5.41, 5.74) is 0.